The van der Waals surface area contributed by atoms with Crippen molar-refractivity contribution in [2.45, 2.75) is 36.2 Å². The molecule has 0 amide bonds. The van der Waals surface area contributed by atoms with Crippen LogP contribution in [0.25, 0.3) is 0 Å². The van der Waals surface area contributed by atoms with Gasteiger partial charge in [-0.2, -0.15) is 4.31 Å². The van der Waals surface area contributed by atoms with Gasteiger partial charge < -0.3 is 15.2 Å². The van der Waals surface area contributed by atoms with E-state index in [1.165, 1.54) is 19.2 Å². The monoisotopic (exact) mass is 368 g/mol. The molecule has 0 radical (unpaired) electrons. The van der Waals surface area contributed by atoms with Gasteiger partial charge in [0.2, 0.25) is 10.0 Å². The topological polar surface area (TPSA) is 81.9 Å². The molecule has 1 aromatic rings. The lowest BCUT2D eigenvalue weighted by molar-refractivity contribution is -0.275. The van der Waals surface area contributed by atoms with E-state index in [4.69, 9.17) is 10.5 Å². The second kappa shape index (κ2) is 7.26. The van der Waals surface area contributed by atoms with Crippen molar-refractivity contribution < 1.29 is 31.1 Å². The van der Waals surface area contributed by atoms with E-state index < -0.39 is 33.1 Å². The van der Waals surface area contributed by atoms with Crippen molar-refractivity contribution in [2.24, 2.45) is 5.73 Å². The lowest BCUT2D eigenvalue weighted by atomic mass is 10.0. The average Bonchev–Trinajstić information content (AvgIpc) is 2.53. The van der Waals surface area contributed by atoms with E-state index in [0.717, 1.165) is 16.4 Å². The van der Waals surface area contributed by atoms with Crippen molar-refractivity contribution in [2.75, 3.05) is 20.2 Å². The summed E-state index contributed by atoms with van der Waals surface area (Å²) in [7, 11) is -2.66. The summed E-state index contributed by atoms with van der Waals surface area (Å²) in [5, 5.41) is 0. The van der Waals surface area contributed by atoms with Gasteiger partial charge in [0.15, 0.2) is 0 Å². The van der Waals surface area contributed by atoms with Crippen LogP contribution in [0.4, 0.5) is 13.2 Å². The number of ether oxygens (including phenoxy) is 2. The molecule has 0 spiro atoms. The Labute approximate surface area is 138 Å². The van der Waals surface area contributed by atoms with E-state index in [2.05, 4.69) is 4.74 Å². The SMILES string of the molecule is COC1CCN(S(=O)(=O)c2ccccc2OC(F)(F)F)C(CN)C1. The van der Waals surface area contributed by atoms with E-state index in [1.54, 1.807) is 0 Å². The zero-order valence-corrected chi connectivity index (χ0v) is 13.8. The number of hydrogen-bond donors (Lipinski definition) is 1. The van der Waals surface area contributed by atoms with Crippen LogP contribution in [0.1, 0.15) is 12.8 Å². The van der Waals surface area contributed by atoms with Crippen LogP contribution < -0.4 is 10.5 Å². The molecule has 0 bridgehead atoms. The Bertz CT molecular complexity index is 666. The molecule has 2 rings (SSSR count). The Morgan fingerprint density at radius 1 is 1.33 bits per heavy atom. The van der Waals surface area contributed by atoms with Gasteiger partial charge in [-0.15, -0.1) is 13.2 Å². The highest BCUT2D eigenvalue weighted by Crippen LogP contribution is 2.33. The number of piperidine rings is 1. The summed E-state index contributed by atoms with van der Waals surface area (Å²) in [6.07, 6.45) is -4.29. The highest BCUT2D eigenvalue weighted by Gasteiger charge is 2.39. The van der Waals surface area contributed by atoms with E-state index in [-0.39, 0.29) is 19.2 Å². The molecule has 136 valence electrons. The maximum absolute atomic E-state index is 12.8. The number of methoxy groups -OCH3 is 1. The van der Waals surface area contributed by atoms with Gasteiger partial charge in [-0.05, 0) is 25.0 Å². The molecule has 0 aliphatic carbocycles. The summed E-state index contributed by atoms with van der Waals surface area (Å²) in [5.41, 5.74) is 5.65. The van der Waals surface area contributed by atoms with Crippen molar-refractivity contribution in [3.8, 4) is 5.75 Å². The number of rotatable bonds is 5. The Kier molecular flexibility index (Phi) is 5.74. The van der Waals surface area contributed by atoms with Crippen molar-refractivity contribution in [3.05, 3.63) is 24.3 Å². The van der Waals surface area contributed by atoms with E-state index in [1.807, 2.05) is 0 Å². The van der Waals surface area contributed by atoms with Gasteiger partial charge >= 0.3 is 6.36 Å². The van der Waals surface area contributed by atoms with Gasteiger partial charge in [0.05, 0.1) is 6.10 Å². The van der Waals surface area contributed by atoms with Crippen molar-refractivity contribution >= 4 is 10.0 Å². The second-order valence-corrected chi connectivity index (χ2v) is 7.24. The van der Waals surface area contributed by atoms with Gasteiger partial charge in [0, 0.05) is 26.2 Å². The van der Waals surface area contributed by atoms with Crippen LogP contribution in [0.15, 0.2) is 29.2 Å². The van der Waals surface area contributed by atoms with Gasteiger partial charge in [-0.1, -0.05) is 12.1 Å². The molecule has 2 unspecified atom stereocenters. The second-order valence-electron chi connectivity index (χ2n) is 5.38. The van der Waals surface area contributed by atoms with Crippen LogP contribution in [0.2, 0.25) is 0 Å². The zero-order valence-electron chi connectivity index (χ0n) is 13.0. The van der Waals surface area contributed by atoms with Crippen LogP contribution >= 0.6 is 0 Å². The minimum atomic E-state index is -4.98. The maximum Gasteiger partial charge on any atom is 0.573 e. The third-order valence-electron chi connectivity index (χ3n) is 3.88. The fourth-order valence-electron chi connectivity index (χ4n) is 2.74. The molecular weight excluding hydrogens is 349 g/mol. The van der Waals surface area contributed by atoms with E-state index in [9.17, 15) is 21.6 Å². The number of hydrogen-bond acceptors (Lipinski definition) is 5. The predicted molar refractivity (Wildman–Crippen MR) is 79.9 cm³/mol. The number of para-hydroxylation sites is 1. The van der Waals surface area contributed by atoms with Gasteiger partial charge in [0.25, 0.3) is 0 Å². The number of nitrogens with zero attached hydrogens (tertiary/aromatic N) is 1. The minimum Gasteiger partial charge on any atom is -0.404 e. The zero-order chi connectivity index (χ0) is 18.0. The van der Waals surface area contributed by atoms with Crippen LogP contribution in [-0.2, 0) is 14.8 Å². The summed E-state index contributed by atoms with van der Waals surface area (Å²) in [5.74, 6) is -0.755. The first-order valence-corrected chi connectivity index (χ1v) is 8.72. The molecule has 24 heavy (non-hydrogen) atoms. The number of halogens is 3. The van der Waals surface area contributed by atoms with Crippen molar-refractivity contribution in [3.63, 3.8) is 0 Å². The van der Waals surface area contributed by atoms with Crippen LogP contribution in [-0.4, -0.2) is 51.4 Å². The van der Waals surface area contributed by atoms with Crippen molar-refractivity contribution in [1.29, 1.82) is 0 Å². The standard InChI is InChI=1S/C14H19F3N2O4S/c1-22-11-6-7-19(10(8-11)9-18)24(20,21)13-5-3-2-4-12(13)23-14(15,16)17/h2-5,10-11H,6-9,18H2,1H3. The summed E-state index contributed by atoms with van der Waals surface area (Å²) in [4.78, 5) is -0.531. The van der Waals surface area contributed by atoms with Crippen LogP contribution in [0.5, 0.6) is 5.75 Å². The highest BCUT2D eigenvalue weighted by atomic mass is 32.2. The predicted octanol–water partition coefficient (Wildman–Crippen LogP) is 1.71. The normalized spacial score (nSPS) is 23.2. The summed E-state index contributed by atoms with van der Waals surface area (Å²) < 4.78 is 73.5. The van der Waals surface area contributed by atoms with Crippen molar-refractivity contribution in [1.82, 2.24) is 4.31 Å². The fourth-order valence-corrected chi connectivity index (χ4v) is 4.51. The Morgan fingerprint density at radius 2 is 2.00 bits per heavy atom. The molecule has 10 heteroatoms. The first kappa shape index (κ1) is 19.0. The molecule has 1 aliphatic heterocycles. The first-order valence-electron chi connectivity index (χ1n) is 7.28. The smallest absolute Gasteiger partial charge is 0.404 e. The molecule has 1 saturated heterocycles. The molecule has 2 N–H and O–H groups in total. The van der Waals surface area contributed by atoms with Crippen LogP contribution in [0.3, 0.4) is 0 Å². The fraction of sp³-hybridized carbons (Fsp3) is 0.571. The molecular formula is C14H19F3N2O4S. The number of sulfonamides is 1. The lowest BCUT2D eigenvalue weighted by Crippen LogP contribution is -2.51. The molecule has 6 nitrogen and oxygen atoms in total. The largest absolute Gasteiger partial charge is 0.573 e. The summed E-state index contributed by atoms with van der Waals surface area (Å²) in [6.45, 7) is 0.157. The Hall–Kier alpha value is -1.36. The number of alkyl halides is 3. The Balaban J connectivity index is 2.37. The lowest BCUT2D eigenvalue weighted by Gasteiger charge is -2.37. The molecule has 1 aromatic carbocycles. The molecule has 2 atom stereocenters. The van der Waals surface area contributed by atoms with Crippen LogP contribution in [0, 0.1) is 0 Å². The molecule has 1 fully saturated rings. The molecule has 1 heterocycles. The molecule has 0 aromatic heterocycles. The van der Waals surface area contributed by atoms with Gasteiger partial charge in [-0.3, -0.25) is 0 Å². The molecule has 0 saturated carbocycles. The van der Waals surface area contributed by atoms with E-state index >= 15 is 0 Å². The third kappa shape index (κ3) is 4.18. The average molecular weight is 368 g/mol. The quantitative estimate of drug-likeness (QED) is 0.856. The maximum atomic E-state index is 12.8. The number of nitrogens with two attached hydrogens (primary N) is 1. The number of benzene rings is 1. The van der Waals surface area contributed by atoms with E-state index in [0.29, 0.717) is 12.8 Å². The van der Waals surface area contributed by atoms with Gasteiger partial charge in [0.1, 0.15) is 10.6 Å². The molecule has 1 aliphatic rings. The van der Waals surface area contributed by atoms with Gasteiger partial charge in [-0.25, -0.2) is 8.42 Å². The third-order valence-corrected chi connectivity index (χ3v) is 5.87. The minimum absolute atomic E-state index is 0.0430. The first-order chi connectivity index (χ1) is 11.2. The Morgan fingerprint density at radius 3 is 2.58 bits per heavy atom. The summed E-state index contributed by atoms with van der Waals surface area (Å²) >= 11 is 0. The summed E-state index contributed by atoms with van der Waals surface area (Å²) in [6, 6.07) is 4.13. The highest BCUT2D eigenvalue weighted by molar-refractivity contribution is 7.89.